The number of nitrogens with zero attached hydrogens (tertiary/aromatic N) is 3. The number of hydrogen-bond donors (Lipinski definition) is 2. The van der Waals surface area contributed by atoms with Gasteiger partial charge in [0.05, 0.1) is 11.3 Å². The molecule has 0 bridgehead atoms. The highest BCUT2D eigenvalue weighted by Gasteiger charge is 2.25. The topological polar surface area (TPSA) is 95.0 Å². The first-order chi connectivity index (χ1) is 14.6. The fraction of sp³-hybridized carbons (Fsp3) is 0.409. The molecule has 4 heterocycles. The third-order valence-corrected chi connectivity index (χ3v) is 8.43. The van der Waals surface area contributed by atoms with E-state index in [1.54, 1.807) is 0 Å². The van der Waals surface area contributed by atoms with Crippen LogP contribution >= 0.6 is 22.7 Å². The Kier molecular flexibility index (Phi) is 4.97. The van der Waals surface area contributed by atoms with Gasteiger partial charge in [0.25, 0.3) is 5.91 Å². The molecule has 2 aliphatic rings. The summed E-state index contributed by atoms with van der Waals surface area (Å²) in [5.41, 5.74) is 10.9. The minimum atomic E-state index is -0.251. The van der Waals surface area contributed by atoms with Gasteiger partial charge in [0.2, 0.25) is 0 Å². The molecule has 30 heavy (non-hydrogen) atoms. The van der Waals surface area contributed by atoms with Gasteiger partial charge in [-0.05, 0) is 49.4 Å². The van der Waals surface area contributed by atoms with Gasteiger partial charge in [0.1, 0.15) is 20.8 Å². The molecule has 1 aliphatic heterocycles. The first-order valence-electron chi connectivity index (χ1n) is 10.4. The van der Waals surface area contributed by atoms with Gasteiger partial charge in [-0.25, -0.2) is 4.98 Å². The van der Waals surface area contributed by atoms with E-state index in [2.05, 4.69) is 29.3 Å². The molecular formula is C22H23N5OS2. The number of aryl methyl sites for hydroxylation is 1. The van der Waals surface area contributed by atoms with Gasteiger partial charge in [0.15, 0.2) is 0 Å². The summed E-state index contributed by atoms with van der Waals surface area (Å²) in [6, 6.07) is 4.40. The van der Waals surface area contributed by atoms with E-state index < -0.39 is 0 Å². The second kappa shape index (κ2) is 7.65. The Morgan fingerprint density at radius 3 is 2.97 bits per heavy atom. The van der Waals surface area contributed by atoms with Crippen molar-refractivity contribution in [2.24, 2.45) is 0 Å². The lowest BCUT2D eigenvalue weighted by Gasteiger charge is -2.26. The van der Waals surface area contributed by atoms with Crippen molar-refractivity contribution in [1.29, 1.82) is 5.26 Å². The van der Waals surface area contributed by atoms with Crippen LogP contribution in [-0.2, 0) is 25.8 Å². The monoisotopic (exact) mass is 437 g/mol. The van der Waals surface area contributed by atoms with Crippen LogP contribution in [0.5, 0.6) is 0 Å². The molecule has 0 saturated carbocycles. The van der Waals surface area contributed by atoms with Crippen LogP contribution in [0.3, 0.4) is 0 Å². The molecule has 6 nitrogen and oxygen atoms in total. The normalized spacial score (nSPS) is 16.1. The molecule has 0 saturated heterocycles. The molecular weight excluding hydrogens is 414 g/mol. The maximum absolute atomic E-state index is 13.1. The predicted molar refractivity (Wildman–Crippen MR) is 122 cm³/mol. The highest BCUT2D eigenvalue weighted by molar-refractivity contribution is 7.21. The van der Waals surface area contributed by atoms with Gasteiger partial charge in [-0.1, -0.05) is 6.92 Å². The zero-order valence-electron chi connectivity index (χ0n) is 16.9. The third-order valence-electron chi connectivity index (χ3n) is 6.11. The highest BCUT2D eigenvalue weighted by Crippen LogP contribution is 2.39. The Morgan fingerprint density at radius 2 is 2.17 bits per heavy atom. The number of carbonyl (C=O) groups is 1. The summed E-state index contributed by atoms with van der Waals surface area (Å²) in [6.07, 6.45) is 5.06. The molecule has 1 amide bonds. The largest absolute Gasteiger partial charge is 0.397 e. The molecule has 1 aliphatic carbocycles. The minimum absolute atomic E-state index is 0.251. The number of pyridine rings is 1. The summed E-state index contributed by atoms with van der Waals surface area (Å²) in [5.74, 6) is -0.251. The van der Waals surface area contributed by atoms with E-state index in [0.717, 1.165) is 73.2 Å². The Balaban J connectivity index is 1.48. The number of rotatable bonds is 3. The third kappa shape index (κ3) is 3.18. The molecule has 5 rings (SSSR count). The Hall–Kier alpha value is -2.47. The summed E-state index contributed by atoms with van der Waals surface area (Å²) in [6.45, 7) is 5.06. The number of likely N-dealkylation sites (N-methyl/N-ethyl adjacent to an activating group) is 1. The highest BCUT2D eigenvalue weighted by atomic mass is 32.1. The molecule has 0 radical (unpaired) electrons. The average molecular weight is 438 g/mol. The molecule has 8 heteroatoms. The maximum atomic E-state index is 13.1. The number of aromatic nitrogens is 1. The van der Waals surface area contributed by atoms with Gasteiger partial charge in [0, 0.05) is 35.5 Å². The SMILES string of the molecule is CCN1CCc2nc3sc(C(=O)Nc4sc5c(c4C#N)CCCC5)c(N)c3cc2C1. The number of anilines is 2. The molecule has 0 spiro atoms. The average Bonchev–Trinajstić information content (AvgIpc) is 3.28. The number of nitrogen functional groups attached to an aromatic ring is 1. The Labute approximate surface area is 183 Å². The van der Waals surface area contributed by atoms with Crippen LogP contribution < -0.4 is 11.1 Å². The summed E-state index contributed by atoms with van der Waals surface area (Å²) in [5, 5.41) is 14.1. The number of nitrogens with two attached hydrogens (primary N) is 1. The van der Waals surface area contributed by atoms with Crippen LogP contribution in [0.25, 0.3) is 10.2 Å². The van der Waals surface area contributed by atoms with Crippen molar-refractivity contribution in [1.82, 2.24) is 9.88 Å². The molecule has 3 N–H and O–H groups in total. The minimum Gasteiger partial charge on any atom is -0.397 e. The lowest BCUT2D eigenvalue weighted by atomic mass is 9.96. The molecule has 3 aromatic rings. The number of nitriles is 1. The van der Waals surface area contributed by atoms with Crippen molar-refractivity contribution >= 4 is 49.5 Å². The quantitative estimate of drug-likeness (QED) is 0.636. The number of hydrogen-bond acceptors (Lipinski definition) is 7. The summed E-state index contributed by atoms with van der Waals surface area (Å²) in [7, 11) is 0. The van der Waals surface area contributed by atoms with Crippen molar-refractivity contribution in [2.75, 3.05) is 24.1 Å². The van der Waals surface area contributed by atoms with Gasteiger partial charge < -0.3 is 11.1 Å². The van der Waals surface area contributed by atoms with E-state index >= 15 is 0 Å². The lowest BCUT2D eigenvalue weighted by molar-refractivity contribution is 0.103. The van der Waals surface area contributed by atoms with Crippen LogP contribution in [0, 0.1) is 11.3 Å². The predicted octanol–water partition coefficient (Wildman–Crippen LogP) is 4.32. The van der Waals surface area contributed by atoms with E-state index in [-0.39, 0.29) is 5.91 Å². The van der Waals surface area contributed by atoms with Crippen molar-refractivity contribution in [3.05, 3.63) is 38.2 Å². The number of thiophene rings is 2. The first-order valence-corrected chi connectivity index (χ1v) is 12.0. The fourth-order valence-electron chi connectivity index (χ4n) is 4.43. The summed E-state index contributed by atoms with van der Waals surface area (Å²) >= 11 is 2.87. The van der Waals surface area contributed by atoms with E-state index in [0.29, 0.717) is 21.1 Å². The van der Waals surface area contributed by atoms with Crippen molar-refractivity contribution in [2.45, 2.75) is 45.6 Å². The van der Waals surface area contributed by atoms with Crippen LogP contribution in [0.15, 0.2) is 6.07 Å². The van der Waals surface area contributed by atoms with E-state index in [9.17, 15) is 10.1 Å². The maximum Gasteiger partial charge on any atom is 0.268 e. The molecule has 3 aromatic heterocycles. The molecule has 0 aromatic carbocycles. The molecule has 0 fully saturated rings. The van der Waals surface area contributed by atoms with Gasteiger partial charge in [-0.3, -0.25) is 9.69 Å². The number of amides is 1. The van der Waals surface area contributed by atoms with Crippen LogP contribution in [0.1, 0.15) is 56.7 Å². The van der Waals surface area contributed by atoms with Gasteiger partial charge in [-0.15, -0.1) is 22.7 Å². The number of fused-ring (bicyclic) bond motifs is 3. The van der Waals surface area contributed by atoms with E-state index in [1.807, 2.05) is 0 Å². The van der Waals surface area contributed by atoms with E-state index in [1.165, 1.54) is 33.1 Å². The smallest absolute Gasteiger partial charge is 0.268 e. The lowest BCUT2D eigenvalue weighted by Crippen LogP contribution is -2.30. The number of nitrogens with one attached hydrogen (secondary N) is 1. The molecule has 0 atom stereocenters. The summed E-state index contributed by atoms with van der Waals surface area (Å²) in [4.78, 5) is 22.8. The van der Waals surface area contributed by atoms with Crippen LogP contribution in [0.4, 0.5) is 10.7 Å². The first kappa shape index (κ1) is 19.5. The van der Waals surface area contributed by atoms with Gasteiger partial charge in [-0.2, -0.15) is 5.26 Å². The Bertz CT molecular complexity index is 1200. The standard InChI is InChI=1S/C22H23N5OS2/c1-2-27-8-7-16-12(11-27)9-14-18(24)19(30-21(14)25-16)20(28)26-22-15(10-23)13-5-3-4-6-17(13)29-22/h9H,2-8,11,24H2,1H3,(H,26,28). The van der Waals surface area contributed by atoms with Gasteiger partial charge >= 0.3 is 0 Å². The van der Waals surface area contributed by atoms with Crippen molar-refractivity contribution < 1.29 is 4.79 Å². The zero-order chi connectivity index (χ0) is 20.8. The second-order valence-corrected chi connectivity index (χ2v) is 10.00. The molecule has 154 valence electrons. The second-order valence-electron chi connectivity index (χ2n) is 7.89. The fourth-order valence-corrected chi connectivity index (χ4v) is 6.65. The zero-order valence-corrected chi connectivity index (χ0v) is 18.5. The van der Waals surface area contributed by atoms with E-state index in [4.69, 9.17) is 10.7 Å². The Morgan fingerprint density at radius 1 is 1.33 bits per heavy atom. The van der Waals surface area contributed by atoms with Crippen molar-refractivity contribution in [3.63, 3.8) is 0 Å². The molecule has 0 unspecified atom stereocenters. The van der Waals surface area contributed by atoms with Crippen LogP contribution in [0.2, 0.25) is 0 Å². The van der Waals surface area contributed by atoms with Crippen molar-refractivity contribution in [3.8, 4) is 6.07 Å². The van der Waals surface area contributed by atoms with Crippen LogP contribution in [-0.4, -0.2) is 28.9 Å². The number of carbonyl (C=O) groups excluding carboxylic acids is 1. The summed E-state index contributed by atoms with van der Waals surface area (Å²) < 4.78 is 0.